The molecule has 2 bridgehead atoms. The van der Waals surface area contributed by atoms with Crippen molar-refractivity contribution in [2.75, 3.05) is 26.2 Å². The highest BCUT2D eigenvalue weighted by molar-refractivity contribution is 7.12. The van der Waals surface area contributed by atoms with Gasteiger partial charge in [0.2, 0.25) is 5.78 Å². The molecule has 0 saturated carbocycles. The minimum absolute atomic E-state index is 0.159. The molecule has 4 heterocycles. The fourth-order valence-electron chi connectivity index (χ4n) is 5.25. The molecule has 3 fully saturated rings. The molecule has 0 N–H and O–H groups in total. The summed E-state index contributed by atoms with van der Waals surface area (Å²) in [6.45, 7) is 2.97. The number of hydrogen-bond acceptors (Lipinski definition) is 5. The van der Waals surface area contributed by atoms with Crippen LogP contribution in [0.25, 0.3) is 0 Å². The van der Waals surface area contributed by atoms with Crippen LogP contribution in [-0.4, -0.2) is 48.7 Å². The van der Waals surface area contributed by atoms with Crippen LogP contribution in [0.4, 0.5) is 4.79 Å². The van der Waals surface area contributed by atoms with Gasteiger partial charge in [-0.25, -0.2) is 4.79 Å². The molecule has 3 aliphatic heterocycles. The summed E-state index contributed by atoms with van der Waals surface area (Å²) < 4.78 is 12.4. The van der Waals surface area contributed by atoms with Crippen LogP contribution in [0.3, 0.4) is 0 Å². The van der Waals surface area contributed by atoms with Gasteiger partial charge in [-0.1, -0.05) is 53.5 Å². The predicted molar refractivity (Wildman–Crippen MR) is 137 cm³/mol. The fourth-order valence-corrected chi connectivity index (χ4v) is 6.16. The average Bonchev–Trinajstić information content (AvgIpc) is 3.40. The Hall–Kier alpha value is -2.38. The number of rotatable bonds is 7. The van der Waals surface area contributed by atoms with Gasteiger partial charge in [0.05, 0.1) is 18.0 Å². The van der Waals surface area contributed by atoms with Crippen LogP contribution < -0.4 is 0 Å². The number of nitrogens with zero attached hydrogens (tertiary/aromatic N) is 1. The van der Waals surface area contributed by atoms with Gasteiger partial charge in [-0.05, 0) is 46.8 Å². The number of benzene rings is 2. The first-order valence-corrected chi connectivity index (χ1v) is 13.3. The van der Waals surface area contributed by atoms with E-state index in [1.807, 2.05) is 41.8 Å². The number of hydrogen-bond donors (Lipinski definition) is 0. The van der Waals surface area contributed by atoms with Crippen molar-refractivity contribution < 1.29 is 23.5 Å². The van der Waals surface area contributed by atoms with Crippen molar-refractivity contribution in [1.29, 1.82) is 0 Å². The van der Waals surface area contributed by atoms with Crippen molar-refractivity contribution in [2.24, 2.45) is 5.92 Å². The van der Waals surface area contributed by atoms with Gasteiger partial charge in [-0.2, -0.15) is 0 Å². The molecule has 0 radical (unpaired) electrons. The first kappa shape index (κ1) is 24.3. The van der Waals surface area contributed by atoms with Crippen molar-refractivity contribution in [1.82, 2.24) is 0 Å². The summed E-state index contributed by atoms with van der Waals surface area (Å²) in [5.41, 5.74) is 1.57. The Balaban J connectivity index is 1.29. The number of halogens is 2. The van der Waals surface area contributed by atoms with Crippen molar-refractivity contribution in [3.05, 3.63) is 92.1 Å². The van der Waals surface area contributed by atoms with Crippen LogP contribution in [0.2, 0.25) is 10.0 Å². The van der Waals surface area contributed by atoms with Crippen LogP contribution in [0.15, 0.2) is 66.0 Å². The predicted octanol–water partition coefficient (Wildman–Crippen LogP) is 6.79. The molecule has 0 amide bonds. The number of carbonyl (C=O) groups is 2. The Kier molecular flexibility index (Phi) is 7.17. The molecule has 3 saturated heterocycles. The molecule has 1 atom stereocenters. The van der Waals surface area contributed by atoms with Crippen molar-refractivity contribution in [2.45, 2.75) is 25.0 Å². The van der Waals surface area contributed by atoms with Crippen molar-refractivity contribution in [3.8, 4) is 0 Å². The zero-order chi connectivity index (χ0) is 24.4. The molecule has 2 aromatic carbocycles. The second-order valence-corrected chi connectivity index (χ2v) is 11.2. The quantitative estimate of drug-likeness (QED) is 0.191. The Morgan fingerprint density at radius 3 is 2.09 bits per heavy atom. The molecular formula is C27H26Cl2NO4S+. The fraction of sp³-hybridized carbons (Fsp3) is 0.333. The maximum atomic E-state index is 13.0. The molecular weight excluding hydrogens is 505 g/mol. The van der Waals surface area contributed by atoms with E-state index in [9.17, 15) is 9.59 Å². The number of quaternary nitrogens is 1. The van der Waals surface area contributed by atoms with Crippen LogP contribution in [0.5, 0.6) is 0 Å². The second kappa shape index (κ2) is 10.3. The maximum Gasteiger partial charge on any atom is 0.509 e. The van der Waals surface area contributed by atoms with Gasteiger partial charge in [-0.15, -0.1) is 11.3 Å². The van der Waals surface area contributed by atoms with Crippen molar-refractivity contribution in [3.63, 3.8) is 0 Å². The summed E-state index contributed by atoms with van der Waals surface area (Å²) in [6, 6.07) is 18.2. The van der Waals surface area contributed by atoms with Crippen LogP contribution in [-0.2, 0) is 9.47 Å². The molecule has 8 heteroatoms. The zero-order valence-corrected chi connectivity index (χ0v) is 21.4. The smallest absolute Gasteiger partial charge is 0.425 e. The van der Waals surface area contributed by atoms with Crippen LogP contribution in [0.1, 0.15) is 39.7 Å². The van der Waals surface area contributed by atoms with E-state index >= 15 is 0 Å². The Labute approximate surface area is 218 Å². The van der Waals surface area contributed by atoms with E-state index in [1.54, 1.807) is 24.3 Å². The lowest BCUT2D eigenvalue weighted by atomic mass is 9.83. The molecule has 3 aromatic rings. The summed E-state index contributed by atoms with van der Waals surface area (Å²) in [4.78, 5) is 26.6. The van der Waals surface area contributed by atoms with E-state index in [4.69, 9.17) is 32.7 Å². The molecule has 35 heavy (non-hydrogen) atoms. The lowest BCUT2D eigenvalue weighted by Crippen LogP contribution is -2.65. The highest BCUT2D eigenvalue weighted by atomic mass is 35.5. The van der Waals surface area contributed by atoms with Gasteiger partial charge in [0.1, 0.15) is 13.1 Å². The van der Waals surface area contributed by atoms with E-state index in [1.165, 1.54) is 11.3 Å². The zero-order valence-electron chi connectivity index (χ0n) is 19.1. The van der Waals surface area contributed by atoms with Gasteiger partial charge in [0.15, 0.2) is 12.2 Å². The Morgan fingerprint density at radius 2 is 1.54 bits per heavy atom. The standard InChI is InChI=1S/C27H26Cl2NO4S/c28-21-7-3-19(4-8-21)26(20-5-9-22(29)10-6-20)34-27(32)33-24-17-30(13-11-18(24)12-14-30)16-23(31)25-2-1-15-35-25/h1-10,15,18,24,26H,11-14,16-17H2/q+1/t18?,24-,30?/m0/s1. The van der Waals surface area contributed by atoms with Crippen molar-refractivity contribution >= 4 is 46.5 Å². The van der Waals surface area contributed by atoms with E-state index in [0.717, 1.165) is 41.9 Å². The van der Waals surface area contributed by atoms with E-state index in [0.29, 0.717) is 33.5 Å². The molecule has 1 aromatic heterocycles. The molecule has 5 nitrogen and oxygen atoms in total. The van der Waals surface area contributed by atoms with Crippen LogP contribution in [0, 0.1) is 5.92 Å². The molecule has 6 rings (SSSR count). The summed E-state index contributed by atoms with van der Waals surface area (Å²) >= 11 is 13.6. The topological polar surface area (TPSA) is 52.6 Å². The normalized spacial score (nSPS) is 23.3. The number of thiophene rings is 1. The summed E-state index contributed by atoms with van der Waals surface area (Å²) in [7, 11) is 0. The minimum Gasteiger partial charge on any atom is -0.425 e. The monoisotopic (exact) mass is 530 g/mol. The minimum atomic E-state index is -0.707. The SMILES string of the molecule is O=C(OC(c1ccc(Cl)cc1)c1ccc(Cl)cc1)O[C@H]1C[N+]2(CC(=O)c3cccs3)CCC1CC2. The average molecular weight is 531 g/mol. The Bertz CT molecular complexity index is 1130. The molecule has 0 aliphatic carbocycles. The first-order valence-electron chi connectivity index (χ1n) is 11.7. The number of Topliss-reactive ketones (excluding diaryl/α,β-unsaturated/α-hetero) is 1. The number of carbonyl (C=O) groups excluding carboxylic acids is 2. The number of piperidine rings is 3. The Morgan fingerprint density at radius 1 is 0.943 bits per heavy atom. The lowest BCUT2D eigenvalue weighted by Gasteiger charge is -2.51. The summed E-state index contributed by atoms with van der Waals surface area (Å²) in [5.74, 6) is 0.455. The third kappa shape index (κ3) is 5.56. The largest absolute Gasteiger partial charge is 0.509 e. The van der Waals surface area contributed by atoms with Gasteiger partial charge < -0.3 is 14.0 Å². The third-order valence-electron chi connectivity index (χ3n) is 7.12. The molecule has 0 spiro atoms. The van der Waals surface area contributed by atoms with Gasteiger partial charge in [0.25, 0.3) is 0 Å². The van der Waals surface area contributed by atoms with Crippen LogP contribution >= 0.6 is 34.5 Å². The second-order valence-electron chi connectivity index (χ2n) is 9.37. The first-order chi connectivity index (χ1) is 16.9. The number of ether oxygens (including phenoxy) is 2. The maximum absolute atomic E-state index is 13.0. The van der Waals surface area contributed by atoms with E-state index in [-0.39, 0.29) is 11.9 Å². The lowest BCUT2D eigenvalue weighted by molar-refractivity contribution is -0.938. The van der Waals surface area contributed by atoms with E-state index < -0.39 is 12.3 Å². The summed E-state index contributed by atoms with van der Waals surface area (Å²) in [5, 5.41) is 3.13. The number of ketones is 1. The third-order valence-corrected chi connectivity index (χ3v) is 8.54. The molecule has 0 unspecified atom stereocenters. The van der Waals surface area contributed by atoms with Gasteiger partial charge in [-0.3, -0.25) is 4.79 Å². The van der Waals surface area contributed by atoms with Gasteiger partial charge >= 0.3 is 6.16 Å². The number of fused-ring (bicyclic) bond motifs is 3. The highest BCUT2D eigenvalue weighted by Gasteiger charge is 2.49. The van der Waals surface area contributed by atoms with E-state index in [2.05, 4.69) is 0 Å². The summed E-state index contributed by atoms with van der Waals surface area (Å²) in [6.07, 6.45) is 0.251. The molecule has 182 valence electrons. The van der Waals surface area contributed by atoms with Gasteiger partial charge in [0, 0.05) is 28.8 Å². The highest BCUT2D eigenvalue weighted by Crippen LogP contribution is 2.37. The molecule has 3 aliphatic rings.